The maximum Gasteiger partial charge on any atom is 0.381 e. The Kier molecular flexibility index (Phi) is 4.20. The minimum Gasteiger partial charge on any atom is -0.481 e. The van der Waals surface area contributed by atoms with Gasteiger partial charge in [0.1, 0.15) is 6.20 Å². The molecular formula is C12H16N4O5. The molecule has 21 heavy (non-hydrogen) atoms. The molecule has 9 heteroatoms. The second kappa shape index (κ2) is 5.90. The number of hydrogen-bond acceptors (Lipinski definition) is 5. The van der Waals surface area contributed by atoms with Gasteiger partial charge in [-0.3, -0.25) is 9.59 Å². The Balaban J connectivity index is 1.87. The Morgan fingerprint density at radius 2 is 2.24 bits per heavy atom. The number of rotatable bonds is 5. The maximum absolute atomic E-state index is 12.0. The number of carboxylic acids is 1. The van der Waals surface area contributed by atoms with Crippen molar-refractivity contribution in [3.63, 3.8) is 0 Å². The first-order valence-electron chi connectivity index (χ1n) is 6.55. The second-order valence-corrected chi connectivity index (χ2v) is 5.20. The number of likely N-dealkylation sites (tertiary alicyclic amines) is 1. The summed E-state index contributed by atoms with van der Waals surface area (Å²) in [6.07, 6.45) is 2.73. The topological polar surface area (TPSA) is 119 Å². The van der Waals surface area contributed by atoms with Gasteiger partial charge in [-0.25, -0.2) is 0 Å². The molecule has 0 aromatic carbocycles. The van der Waals surface area contributed by atoms with Gasteiger partial charge in [0.2, 0.25) is 12.2 Å². The minimum atomic E-state index is -0.886. The average molecular weight is 296 g/mol. The van der Waals surface area contributed by atoms with E-state index in [4.69, 9.17) is 5.11 Å². The first-order valence-corrected chi connectivity index (χ1v) is 6.55. The summed E-state index contributed by atoms with van der Waals surface area (Å²) in [6.45, 7) is 2.74. The molecule has 1 fully saturated rings. The third-order valence-electron chi connectivity index (χ3n) is 3.67. The Morgan fingerprint density at radius 3 is 2.76 bits per heavy atom. The summed E-state index contributed by atoms with van der Waals surface area (Å²) in [7, 11) is 0. The summed E-state index contributed by atoms with van der Waals surface area (Å²) in [5.41, 5.74) is 0. The molecule has 1 aromatic rings. The lowest BCUT2D eigenvalue weighted by Gasteiger charge is -2.15. The number of amides is 1. The van der Waals surface area contributed by atoms with Gasteiger partial charge < -0.3 is 24.7 Å². The van der Waals surface area contributed by atoms with Crippen molar-refractivity contribution < 1.29 is 19.6 Å². The van der Waals surface area contributed by atoms with Gasteiger partial charge >= 0.3 is 11.8 Å². The highest BCUT2D eigenvalue weighted by Gasteiger charge is 2.36. The van der Waals surface area contributed by atoms with E-state index < -0.39 is 16.8 Å². The van der Waals surface area contributed by atoms with Crippen molar-refractivity contribution >= 4 is 17.7 Å². The SMILES string of the molecule is CC1CN(C(=O)CCn2cnc([N+](=O)[O-])c2)CC1C(=O)O. The highest BCUT2D eigenvalue weighted by Crippen LogP contribution is 2.23. The highest BCUT2D eigenvalue weighted by atomic mass is 16.6. The molecule has 2 rings (SSSR count). The number of aryl methyl sites for hydroxylation is 1. The van der Waals surface area contributed by atoms with Gasteiger partial charge in [0.15, 0.2) is 0 Å². The molecule has 0 spiro atoms. The zero-order valence-electron chi connectivity index (χ0n) is 11.5. The van der Waals surface area contributed by atoms with E-state index in [9.17, 15) is 19.7 Å². The van der Waals surface area contributed by atoms with Crippen molar-refractivity contribution in [1.29, 1.82) is 0 Å². The summed E-state index contributed by atoms with van der Waals surface area (Å²) in [5, 5.41) is 19.5. The van der Waals surface area contributed by atoms with Crippen molar-refractivity contribution in [3.8, 4) is 0 Å². The maximum atomic E-state index is 12.0. The fourth-order valence-corrected chi connectivity index (χ4v) is 2.44. The molecule has 1 aliphatic heterocycles. The molecule has 1 aliphatic rings. The van der Waals surface area contributed by atoms with E-state index in [0.717, 1.165) is 0 Å². The van der Waals surface area contributed by atoms with Gasteiger partial charge in [-0.15, -0.1) is 0 Å². The summed E-state index contributed by atoms with van der Waals surface area (Å²) in [6, 6.07) is 0. The van der Waals surface area contributed by atoms with Gasteiger partial charge in [0.05, 0.1) is 5.92 Å². The number of imidazole rings is 1. The van der Waals surface area contributed by atoms with E-state index in [-0.39, 0.29) is 37.2 Å². The Labute approximate surface area is 120 Å². The van der Waals surface area contributed by atoms with Crippen molar-refractivity contribution in [2.75, 3.05) is 13.1 Å². The third-order valence-corrected chi connectivity index (χ3v) is 3.67. The van der Waals surface area contributed by atoms with Crippen LogP contribution in [0.4, 0.5) is 5.82 Å². The monoisotopic (exact) mass is 296 g/mol. The van der Waals surface area contributed by atoms with Crippen LogP contribution >= 0.6 is 0 Å². The molecule has 0 saturated carbocycles. The van der Waals surface area contributed by atoms with E-state index in [1.807, 2.05) is 6.92 Å². The lowest BCUT2D eigenvalue weighted by atomic mass is 9.99. The van der Waals surface area contributed by atoms with Crippen LogP contribution in [0.1, 0.15) is 13.3 Å². The number of nitrogens with zero attached hydrogens (tertiary/aromatic N) is 4. The number of carbonyl (C=O) groups is 2. The van der Waals surface area contributed by atoms with Crippen LogP contribution in [0.3, 0.4) is 0 Å². The quantitative estimate of drug-likeness (QED) is 0.619. The molecule has 9 nitrogen and oxygen atoms in total. The fourth-order valence-electron chi connectivity index (χ4n) is 2.44. The van der Waals surface area contributed by atoms with Crippen LogP contribution in [-0.2, 0) is 16.1 Å². The molecule has 2 atom stereocenters. The predicted molar refractivity (Wildman–Crippen MR) is 70.4 cm³/mol. The van der Waals surface area contributed by atoms with Gasteiger partial charge in [-0.1, -0.05) is 6.92 Å². The molecule has 114 valence electrons. The number of aliphatic carboxylic acids is 1. The van der Waals surface area contributed by atoms with Crippen molar-refractivity contribution in [2.24, 2.45) is 11.8 Å². The Morgan fingerprint density at radius 1 is 1.52 bits per heavy atom. The first kappa shape index (κ1) is 14.9. The van der Waals surface area contributed by atoms with Gasteiger partial charge in [0.25, 0.3) is 0 Å². The largest absolute Gasteiger partial charge is 0.481 e. The molecule has 1 saturated heterocycles. The number of aromatic nitrogens is 2. The molecule has 0 bridgehead atoms. The van der Waals surface area contributed by atoms with Crippen LogP contribution in [0.25, 0.3) is 0 Å². The zero-order chi connectivity index (χ0) is 15.6. The van der Waals surface area contributed by atoms with E-state index in [1.54, 1.807) is 0 Å². The summed E-state index contributed by atoms with van der Waals surface area (Å²) < 4.78 is 1.48. The van der Waals surface area contributed by atoms with Crippen LogP contribution in [0, 0.1) is 22.0 Å². The van der Waals surface area contributed by atoms with Crippen LogP contribution in [-0.4, -0.2) is 49.4 Å². The van der Waals surface area contributed by atoms with Gasteiger partial charge in [0, 0.05) is 26.1 Å². The van der Waals surface area contributed by atoms with Crippen LogP contribution in [0.15, 0.2) is 12.5 Å². The van der Waals surface area contributed by atoms with E-state index in [2.05, 4.69) is 4.98 Å². The van der Waals surface area contributed by atoms with Crippen LogP contribution in [0.2, 0.25) is 0 Å². The second-order valence-electron chi connectivity index (χ2n) is 5.20. The normalized spacial score (nSPS) is 21.5. The highest BCUT2D eigenvalue weighted by molar-refractivity contribution is 5.78. The number of hydrogen-bond donors (Lipinski definition) is 1. The third kappa shape index (κ3) is 3.36. The standard InChI is InChI=1S/C12H16N4O5/c1-8-4-15(5-9(8)12(18)19)11(17)2-3-14-6-10(13-7-14)16(20)21/h6-9H,2-5H2,1H3,(H,18,19). The predicted octanol–water partition coefficient (Wildman–Crippen LogP) is 0.361. The molecule has 1 aromatic heterocycles. The van der Waals surface area contributed by atoms with Crippen molar-refractivity contribution in [2.45, 2.75) is 19.9 Å². The van der Waals surface area contributed by atoms with Gasteiger partial charge in [-0.2, -0.15) is 0 Å². The van der Waals surface area contributed by atoms with E-state index in [1.165, 1.54) is 22.0 Å². The Bertz CT molecular complexity index is 570. The molecule has 0 aliphatic carbocycles. The average Bonchev–Trinajstić information content (AvgIpc) is 3.02. The first-order chi connectivity index (χ1) is 9.88. The smallest absolute Gasteiger partial charge is 0.381 e. The van der Waals surface area contributed by atoms with Crippen LogP contribution in [0.5, 0.6) is 0 Å². The van der Waals surface area contributed by atoms with Gasteiger partial charge in [-0.05, 0) is 15.8 Å². The minimum absolute atomic E-state index is 0.0687. The summed E-state index contributed by atoms with van der Waals surface area (Å²) in [4.78, 5) is 38.1. The van der Waals surface area contributed by atoms with Crippen molar-refractivity contribution in [3.05, 3.63) is 22.6 Å². The lowest BCUT2D eigenvalue weighted by Crippen LogP contribution is -2.30. The fraction of sp³-hybridized carbons (Fsp3) is 0.583. The lowest BCUT2D eigenvalue weighted by molar-refractivity contribution is -0.389. The molecule has 1 amide bonds. The van der Waals surface area contributed by atoms with Crippen LogP contribution < -0.4 is 0 Å². The molecule has 0 radical (unpaired) electrons. The molecule has 2 heterocycles. The van der Waals surface area contributed by atoms with Crippen molar-refractivity contribution in [1.82, 2.24) is 14.5 Å². The molecular weight excluding hydrogens is 280 g/mol. The summed E-state index contributed by atoms with van der Waals surface area (Å²) in [5.74, 6) is -1.89. The van der Waals surface area contributed by atoms with E-state index >= 15 is 0 Å². The Hall–Kier alpha value is -2.45. The van der Waals surface area contributed by atoms with E-state index in [0.29, 0.717) is 6.54 Å². The number of carboxylic acid groups (broad SMARTS) is 1. The zero-order valence-corrected chi connectivity index (χ0v) is 11.5. The molecule has 2 unspecified atom stereocenters. The molecule has 1 N–H and O–H groups in total. The number of nitro groups is 1. The number of carbonyl (C=O) groups excluding carboxylic acids is 1. The summed E-state index contributed by atoms with van der Waals surface area (Å²) >= 11 is 0.